The summed E-state index contributed by atoms with van der Waals surface area (Å²) in [6.45, 7) is 5.31. The number of fused-ring (bicyclic) bond motifs is 1. The van der Waals surface area contributed by atoms with Gasteiger partial charge < -0.3 is 9.47 Å². The van der Waals surface area contributed by atoms with Gasteiger partial charge in [0, 0.05) is 54.8 Å². The maximum absolute atomic E-state index is 14.6. The third kappa shape index (κ3) is 5.40. The molecular formula is C33H29ClFN3O2. The van der Waals surface area contributed by atoms with E-state index in [4.69, 9.17) is 21.1 Å². The minimum absolute atomic E-state index is 0.203. The summed E-state index contributed by atoms with van der Waals surface area (Å²) in [6, 6.07) is 20.6. The molecule has 1 fully saturated rings. The van der Waals surface area contributed by atoms with Crippen LogP contribution in [0.5, 0.6) is 11.5 Å². The lowest BCUT2D eigenvalue weighted by Crippen LogP contribution is -2.44. The molecule has 1 aliphatic heterocycles. The van der Waals surface area contributed by atoms with Gasteiger partial charge in [0.05, 0.1) is 10.6 Å². The Morgan fingerprint density at radius 2 is 1.88 bits per heavy atom. The van der Waals surface area contributed by atoms with Gasteiger partial charge in [-0.15, -0.1) is 0 Å². The number of ether oxygens (including phenoxy) is 2. The van der Waals surface area contributed by atoms with E-state index in [1.54, 1.807) is 18.3 Å². The molecule has 1 aliphatic carbocycles. The van der Waals surface area contributed by atoms with Crippen molar-refractivity contribution in [2.75, 3.05) is 13.1 Å². The molecule has 0 unspecified atom stereocenters. The highest BCUT2D eigenvalue weighted by atomic mass is 35.5. The van der Waals surface area contributed by atoms with Gasteiger partial charge in [0.2, 0.25) is 0 Å². The topological polar surface area (TPSA) is 58.4 Å². The van der Waals surface area contributed by atoms with Gasteiger partial charge in [-0.1, -0.05) is 54.9 Å². The predicted octanol–water partition coefficient (Wildman–Crippen LogP) is 7.51. The van der Waals surface area contributed by atoms with Crippen molar-refractivity contribution in [1.29, 1.82) is 5.26 Å². The number of nitriles is 1. The number of hydrogen-bond donors (Lipinski definition) is 0. The molecule has 0 spiro atoms. The molecular weight excluding hydrogens is 525 g/mol. The van der Waals surface area contributed by atoms with Crippen LogP contribution in [0.15, 0.2) is 73.1 Å². The van der Waals surface area contributed by atoms with E-state index in [0.717, 1.165) is 60.3 Å². The van der Waals surface area contributed by atoms with Crippen LogP contribution in [-0.4, -0.2) is 23.0 Å². The molecule has 0 N–H and O–H groups in total. The zero-order valence-corrected chi connectivity index (χ0v) is 23.0. The first kappa shape index (κ1) is 26.3. The van der Waals surface area contributed by atoms with E-state index in [-0.39, 0.29) is 18.5 Å². The number of halogens is 2. The summed E-state index contributed by atoms with van der Waals surface area (Å²) in [7, 11) is 0. The Morgan fingerprint density at radius 3 is 2.67 bits per heavy atom. The molecule has 2 heterocycles. The minimum atomic E-state index is -0.229. The fourth-order valence-corrected chi connectivity index (χ4v) is 5.97. The first-order valence-corrected chi connectivity index (χ1v) is 13.9. The number of nitrogens with zero attached hydrogens (tertiary/aromatic N) is 3. The van der Waals surface area contributed by atoms with E-state index in [2.05, 4.69) is 28.9 Å². The second-order valence-electron chi connectivity index (χ2n) is 10.7. The maximum atomic E-state index is 14.6. The van der Waals surface area contributed by atoms with Crippen molar-refractivity contribution in [1.82, 2.24) is 9.88 Å². The Balaban J connectivity index is 1.28. The summed E-state index contributed by atoms with van der Waals surface area (Å²) in [5.41, 5.74) is 5.96. The van der Waals surface area contributed by atoms with Crippen LogP contribution in [0.3, 0.4) is 0 Å². The van der Waals surface area contributed by atoms with Gasteiger partial charge in [0.15, 0.2) is 0 Å². The SMILES string of the molecule is CC1CN(Cc2cc(Cl)c(O[C@H]3CCc4c(-c5ccccc5F)cccc43)cc2OCc2cncc(C#N)c2)C1. The van der Waals surface area contributed by atoms with E-state index in [1.165, 1.54) is 12.3 Å². The summed E-state index contributed by atoms with van der Waals surface area (Å²) in [4.78, 5) is 6.51. The van der Waals surface area contributed by atoms with Crippen molar-refractivity contribution >= 4 is 11.6 Å². The first-order valence-electron chi connectivity index (χ1n) is 13.5. The monoisotopic (exact) mass is 553 g/mol. The summed E-state index contributed by atoms with van der Waals surface area (Å²) in [5.74, 6) is 1.70. The zero-order valence-electron chi connectivity index (χ0n) is 22.2. The predicted molar refractivity (Wildman–Crippen MR) is 153 cm³/mol. The van der Waals surface area contributed by atoms with Gasteiger partial charge >= 0.3 is 0 Å². The molecule has 40 heavy (non-hydrogen) atoms. The van der Waals surface area contributed by atoms with E-state index in [1.807, 2.05) is 36.4 Å². The Labute approximate surface area is 238 Å². The van der Waals surface area contributed by atoms with Crippen molar-refractivity contribution in [3.8, 4) is 28.7 Å². The third-order valence-electron chi connectivity index (χ3n) is 7.62. The van der Waals surface area contributed by atoms with Crippen LogP contribution in [0, 0.1) is 23.1 Å². The van der Waals surface area contributed by atoms with E-state index in [0.29, 0.717) is 33.6 Å². The molecule has 6 rings (SSSR count). The molecule has 7 heteroatoms. The highest BCUT2D eigenvalue weighted by molar-refractivity contribution is 6.32. The third-order valence-corrected chi connectivity index (χ3v) is 7.91. The number of benzene rings is 3. The first-order chi connectivity index (χ1) is 19.5. The van der Waals surface area contributed by atoms with Gasteiger partial charge in [-0.2, -0.15) is 5.26 Å². The number of rotatable bonds is 8. The Kier molecular flexibility index (Phi) is 7.42. The van der Waals surface area contributed by atoms with Crippen molar-refractivity contribution < 1.29 is 13.9 Å². The van der Waals surface area contributed by atoms with Crippen molar-refractivity contribution in [2.24, 2.45) is 5.92 Å². The summed E-state index contributed by atoms with van der Waals surface area (Å²) in [6.07, 6.45) is 4.59. The molecule has 0 bridgehead atoms. The number of aromatic nitrogens is 1. The second kappa shape index (κ2) is 11.3. The molecule has 5 nitrogen and oxygen atoms in total. The Bertz CT molecular complexity index is 1600. The zero-order chi connectivity index (χ0) is 27.6. The van der Waals surface area contributed by atoms with Gasteiger partial charge in [-0.25, -0.2) is 4.39 Å². The van der Waals surface area contributed by atoms with Crippen molar-refractivity contribution in [3.05, 3.63) is 112 Å². The van der Waals surface area contributed by atoms with Gasteiger partial charge in [0.1, 0.15) is 36.1 Å². The van der Waals surface area contributed by atoms with E-state index >= 15 is 0 Å². The second-order valence-corrected chi connectivity index (χ2v) is 11.1. The van der Waals surface area contributed by atoms with Crippen LogP contribution < -0.4 is 9.47 Å². The van der Waals surface area contributed by atoms with Crippen LogP contribution >= 0.6 is 11.6 Å². The fourth-order valence-electron chi connectivity index (χ4n) is 5.73. The van der Waals surface area contributed by atoms with E-state index in [9.17, 15) is 9.65 Å². The molecule has 3 aromatic carbocycles. The number of hydrogen-bond acceptors (Lipinski definition) is 5. The lowest BCUT2D eigenvalue weighted by molar-refractivity contribution is 0.103. The van der Waals surface area contributed by atoms with Gasteiger partial charge in [-0.3, -0.25) is 9.88 Å². The average molecular weight is 554 g/mol. The molecule has 0 amide bonds. The number of pyridine rings is 1. The molecule has 1 atom stereocenters. The molecule has 202 valence electrons. The largest absolute Gasteiger partial charge is 0.488 e. The standard InChI is InChI=1S/C33H29ClFN3O2/c1-21-17-38(18-21)19-24-12-29(34)33(13-32(24)39-20-23-11-22(14-36)15-37-16-23)40-31-10-9-26-25(6-4-7-28(26)31)27-5-2-3-8-30(27)35/h2-8,11-13,15-16,21,31H,9-10,17-20H2,1H3/t31-/m0/s1. The quantitative estimate of drug-likeness (QED) is 0.226. The Hall–Kier alpha value is -3.92. The van der Waals surface area contributed by atoms with Crippen molar-refractivity contribution in [3.63, 3.8) is 0 Å². The molecule has 0 radical (unpaired) electrons. The highest BCUT2D eigenvalue weighted by Crippen LogP contribution is 2.43. The highest BCUT2D eigenvalue weighted by Gasteiger charge is 2.29. The maximum Gasteiger partial charge on any atom is 0.142 e. The summed E-state index contributed by atoms with van der Waals surface area (Å²) < 4.78 is 27.4. The molecule has 0 saturated carbocycles. The smallest absolute Gasteiger partial charge is 0.142 e. The Morgan fingerprint density at radius 1 is 1.05 bits per heavy atom. The minimum Gasteiger partial charge on any atom is -0.488 e. The molecule has 4 aromatic rings. The van der Waals surface area contributed by atoms with Gasteiger partial charge in [-0.05, 0) is 53.6 Å². The van der Waals surface area contributed by atoms with Crippen LogP contribution in [0.1, 0.15) is 47.3 Å². The van der Waals surface area contributed by atoms with Crippen LogP contribution in [0.2, 0.25) is 5.02 Å². The average Bonchev–Trinajstić information content (AvgIpc) is 3.36. The van der Waals surface area contributed by atoms with Crippen LogP contribution in [-0.2, 0) is 19.6 Å². The summed E-state index contributed by atoms with van der Waals surface area (Å²) >= 11 is 6.79. The lowest BCUT2D eigenvalue weighted by atomic mass is 9.96. The number of likely N-dealkylation sites (tertiary alicyclic amines) is 1. The molecule has 1 aromatic heterocycles. The summed E-state index contributed by atoms with van der Waals surface area (Å²) in [5, 5.41) is 9.76. The molecule has 2 aliphatic rings. The lowest BCUT2D eigenvalue weighted by Gasteiger charge is -2.37. The molecule has 1 saturated heterocycles. The van der Waals surface area contributed by atoms with Crippen LogP contribution in [0.25, 0.3) is 11.1 Å². The van der Waals surface area contributed by atoms with Crippen molar-refractivity contribution in [2.45, 2.75) is 39.0 Å². The van der Waals surface area contributed by atoms with Crippen LogP contribution in [0.4, 0.5) is 4.39 Å². The normalized spacial score (nSPS) is 16.7. The fraction of sp³-hybridized carbons (Fsp3) is 0.273. The van der Waals surface area contributed by atoms with E-state index < -0.39 is 0 Å². The van der Waals surface area contributed by atoms with Gasteiger partial charge in [0.25, 0.3) is 0 Å².